The van der Waals surface area contributed by atoms with Crippen molar-refractivity contribution in [2.45, 2.75) is 59.3 Å². The molecule has 99 heavy (non-hydrogen) atoms. The fourth-order valence-electron chi connectivity index (χ4n) is 13.1. The maximum absolute atomic E-state index is 14.1. The molecule has 12 aromatic rings. The molecule has 8 heterocycles. The van der Waals surface area contributed by atoms with Gasteiger partial charge in [0.2, 0.25) is 0 Å². The van der Waals surface area contributed by atoms with Crippen molar-refractivity contribution in [3.63, 3.8) is 0 Å². The number of para-hydroxylation sites is 5. The van der Waals surface area contributed by atoms with Gasteiger partial charge in [-0.15, -0.1) is 0 Å². The van der Waals surface area contributed by atoms with Gasteiger partial charge < -0.3 is 38.8 Å². The van der Waals surface area contributed by atoms with E-state index in [0.717, 1.165) is 104 Å². The minimum atomic E-state index is -0.488. The normalized spacial score (nSPS) is 13.0. The Morgan fingerprint density at radius 2 is 0.778 bits per heavy atom. The molecule has 0 fully saturated rings. The molecule has 8 aromatic carbocycles. The number of hydrogen-bond acceptors (Lipinski definition) is 9. The fourth-order valence-corrected chi connectivity index (χ4v) is 13.1. The number of nitrogens with zero attached hydrogens (tertiary/aromatic N) is 10. The van der Waals surface area contributed by atoms with Crippen LogP contribution in [-0.4, -0.2) is 65.4 Å². The summed E-state index contributed by atoms with van der Waals surface area (Å²) in [6.07, 6.45) is 10.1. The van der Waals surface area contributed by atoms with Gasteiger partial charge in [-0.05, 0) is 145 Å². The zero-order valence-corrected chi connectivity index (χ0v) is 56.2. The lowest BCUT2D eigenvalue weighted by Gasteiger charge is -2.23. The van der Waals surface area contributed by atoms with Crippen molar-refractivity contribution in [3.05, 3.63) is 332 Å². The molecule has 18 heteroatoms. The van der Waals surface area contributed by atoms with Crippen molar-refractivity contribution < 1.29 is 33.1 Å². The van der Waals surface area contributed by atoms with Crippen molar-refractivity contribution in [2.75, 3.05) is 32.0 Å². The number of esters is 1. The molecule has 16 rings (SSSR count). The van der Waals surface area contributed by atoms with Gasteiger partial charge in [0, 0.05) is 122 Å². The molecule has 4 aromatic heterocycles. The second-order valence-electron chi connectivity index (χ2n) is 25.1. The Morgan fingerprint density at radius 3 is 1.28 bits per heavy atom. The first-order chi connectivity index (χ1) is 48.0. The number of amides is 4. The molecule has 0 spiro atoms. The molecule has 0 unspecified atom stereocenters. The van der Waals surface area contributed by atoms with Crippen LogP contribution in [0.5, 0.6) is 0 Å². The van der Waals surface area contributed by atoms with Gasteiger partial charge in [-0.3, -0.25) is 28.5 Å². The minimum Gasteiger partial charge on any atom is -0.465 e. The predicted molar refractivity (Wildman–Crippen MR) is 383 cm³/mol. The van der Waals surface area contributed by atoms with Gasteiger partial charge in [0.15, 0.2) is 0 Å². The predicted octanol–water partition coefficient (Wildman–Crippen LogP) is 14.6. The summed E-state index contributed by atoms with van der Waals surface area (Å²) in [4.78, 5) is 71.4. The number of aromatic nitrogens is 6. The molecule has 0 aliphatic carbocycles. The van der Waals surface area contributed by atoms with Crippen LogP contribution in [0.25, 0.3) is 0 Å². The van der Waals surface area contributed by atoms with Gasteiger partial charge >= 0.3 is 5.97 Å². The molecule has 4 amide bonds. The van der Waals surface area contributed by atoms with Crippen molar-refractivity contribution in [2.24, 2.45) is 28.2 Å². The average Bonchev–Trinajstić information content (AvgIpc) is 1.67. The number of carbonyl (C=O) groups is 5. The van der Waals surface area contributed by atoms with Gasteiger partial charge in [0.05, 0.1) is 68.2 Å². The lowest BCUT2D eigenvalue weighted by Crippen LogP contribution is -2.31. The van der Waals surface area contributed by atoms with Crippen LogP contribution in [0.3, 0.4) is 0 Å². The minimum absolute atomic E-state index is 0.0130. The monoisotopic (exact) mass is 1320 g/mol. The third-order valence-corrected chi connectivity index (χ3v) is 18.7. The first-order valence-corrected chi connectivity index (χ1v) is 32.7. The summed E-state index contributed by atoms with van der Waals surface area (Å²) >= 11 is 0. The highest BCUT2D eigenvalue weighted by molar-refractivity contribution is 6.10. The lowest BCUT2D eigenvalue weighted by molar-refractivity contribution is 0.0599. The van der Waals surface area contributed by atoms with Crippen LogP contribution in [-0.2, 0) is 78.4 Å². The Hall–Kier alpha value is -12.2. The van der Waals surface area contributed by atoms with Crippen molar-refractivity contribution in [1.82, 2.24) is 28.7 Å². The van der Waals surface area contributed by atoms with Gasteiger partial charge in [-0.2, -0.15) is 10.2 Å². The first kappa shape index (κ1) is 65.5. The highest BCUT2D eigenvalue weighted by Gasteiger charge is 2.32. The number of methoxy groups -OCH3 is 1. The SMILES string of the molecule is COC(=O)c1ccc(C(=O)N2Cc3ccn(C)c3Cc3ccccc32)cc1.Cc1ccc(C(=O)N2Cc3cnn(C)c3Cc3ccccc32)cc1.Cc1ccc(C(=O)N2Cc3cnn(C)c3Nc3ccccc32)cc1.Cn1ccc2c1Cc1ccccc1N(C(=O)c1ccccc1F)C2. The number of fused-ring (bicyclic) bond motifs is 8. The molecule has 0 saturated carbocycles. The summed E-state index contributed by atoms with van der Waals surface area (Å²) in [6.45, 7) is 6.04. The third-order valence-electron chi connectivity index (χ3n) is 18.7. The largest absolute Gasteiger partial charge is 0.465 e. The highest BCUT2D eigenvalue weighted by atomic mass is 19.1. The van der Waals surface area contributed by atoms with E-state index >= 15 is 0 Å². The summed E-state index contributed by atoms with van der Waals surface area (Å²) in [7, 11) is 9.23. The van der Waals surface area contributed by atoms with E-state index in [2.05, 4.69) is 42.8 Å². The van der Waals surface area contributed by atoms with E-state index in [-0.39, 0.29) is 29.2 Å². The van der Waals surface area contributed by atoms with Crippen LogP contribution < -0.4 is 24.9 Å². The van der Waals surface area contributed by atoms with Crippen molar-refractivity contribution >= 4 is 63.9 Å². The number of carbonyl (C=O) groups excluding carboxylic acids is 5. The zero-order chi connectivity index (χ0) is 69.0. The molecule has 0 bridgehead atoms. The van der Waals surface area contributed by atoms with E-state index in [9.17, 15) is 28.4 Å². The van der Waals surface area contributed by atoms with Crippen molar-refractivity contribution in [3.8, 4) is 0 Å². The van der Waals surface area contributed by atoms with Gasteiger partial charge in [0.1, 0.15) is 11.6 Å². The van der Waals surface area contributed by atoms with Gasteiger partial charge in [0.25, 0.3) is 23.6 Å². The molecule has 4 aliphatic rings. The Balaban J connectivity index is 0.000000119. The van der Waals surface area contributed by atoms with Crippen LogP contribution in [0.1, 0.15) is 119 Å². The van der Waals surface area contributed by atoms with Crippen LogP contribution in [0, 0.1) is 19.7 Å². The van der Waals surface area contributed by atoms with Crippen LogP contribution in [0.15, 0.2) is 231 Å². The van der Waals surface area contributed by atoms with E-state index in [1.807, 2.05) is 221 Å². The molecule has 0 atom stereocenters. The molecule has 0 saturated heterocycles. The molecule has 17 nitrogen and oxygen atoms in total. The first-order valence-electron chi connectivity index (χ1n) is 32.7. The second-order valence-corrected chi connectivity index (χ2v) is 25.1. The summed E-state index contributed by atoms with van der Waals surface area (Å²) in [6, 6.07) is 64.1. The molecule has 4 aliphatic heterocycles. The molecule has 0 radical (unpaired) electrons. The zero-order valence-electron chi connectivity index (χ0n) is 56.2. The Bertz CT molecular complexity index is 4870. The standard InChI is InChI=1S/C22H20N2O3.C20H17FN2O.C20H19N3O.C19H18N4O/c1-23-12-11-18-14-24(19-6-4-3-5-17(19)13-20(18)23)21(25)15-7-9-16(10-8-15)22(26)27-2;1-22-11-10-15-13-23(20(24)16-7-3-4-8-17(16)21)18-9-5-2-6-14(18)12-19(15)22;1-14-7-9-15(10-8-14)20(24)23-13-17-12-21-22(2)19(17)11-16-5-3-4-6-18(16)23;1-13-7-9-14(10-8-13)19(24)23-12-15-11-20-22(2)18(15)21-16-5-3-4-6-17(16)23/h3-12H,13-14H2,1-2H3;2-11H,12-13H2,1H3;3-10,12H,11,13H2,1-2H3;3-11,21H,12H2,1-2H3. The average molecular weight is 1320 g/mol. The topological polar surface area (TPSA) is 165 Å². The van der Waals surface area contributed by atoms with Crippen LogP contribution >= 0.6 is 0 Å². The maximum Gasteiger partial charge on any atom is 0.337 e. The van der Waals surface area contributed by atoms with Crippen LogP contribution in [0.2, 0.25) is 0 Å². The van der Waals surface area contributed by atoms with E-state index in [1.54, 1.807) is 50.9 Å². The Morgan fingerprint density at radius 1 is 0.394 bits per heavy atom. The fraction of sp³-hybridized carbons (Fsp3) is 0.173. The molecular weight excluding hydrogens is 1240 g/mol. The third kappa shape index (κ3) is 13.6. The van der Waals surface area contributed by atoms with Crippen LogP contribution in [0.4, 0.5) is 38.6 Å². The lowest BCUT2D eigenvalue weighted by atomic mass is 10.1. The number of rotatable bonds is 5. The highest BCUT2D eigenvalue weighted by Crippen LogP contribution is 2.38. The molecular formula is C81H74FN11O6. The van der Waals surface area contributed by atoms with Gasteiger partial charge in [-0.25, -0.2) is 9.18 Å². The smallest absolute Gasteiger partial charge is 0.337 e. The second kappa shape index (κ2) is 28.3. The quantitative estimate of drug-likeness (QED) is 0.165. The van der Waals surface area contributed by atoms with Crippen molar-refractivity contribution in [1.29, 1.82) is 0 Å². The van der Waals surface area contributed by atoms with E-state index in [1.165, 1.54) is 36.3 Å². The maximum atomic E-state index is 14.1. The molecule has 1 N–H and O–H groups in total. The number of aryl methyl sites for hydroxylation is 6. The number of nitrogens with one attached hydrogen (secondary N) is 1. The summed E-state index contributed by atoms with van der Waals surface area (Å²) in [5, 5.41) is 12.1. The summed E-state index contributed by atoms with van der Waals surface area (Å²) in [5.41, 5.74) is 20.6. The van der Waals surface area contributed by atoms with Gasteiger partial charge in [-0.1, -0.05) is 114 Å². The van der Waals surface area contributed by atoms with E-state index in [0.29, 0.717) is 48.4 Å². The summed E-state index contributed by atoms with van der Waals surface area (Å²) in [5.74, 6) is -0.366. The number of halogens is 1. The van der Waals surface area contributed by atoms with E-state index in [4.69, 9.17) is 4.74 Å². The number of hydrogen-bond donors (Lipinski definition) is 1. The Kier molecular flexibility index (Phi) is 18.7. The number of ether oxygens (including phenoxy) is 1. The number of benzene rings is 8. The molecule has 496 valence electrons. The van der Waals surface area contributed by atoms with E-state index < -0.39 is 11.8 Å². The Labute approximate surface area is 574 Å². The summed E-state index contributed by atoms with van der Waals surface area (Å²) < 4.78 is 26.8. The number of anilines is 6.